The summed E-state index contributed by atoms with van der Waals surface area (Å²) >= 11 is 0. The Morgan fingerprint density at radius 1 is 0.654 bits per heavy atom. The summed E-state index contributed by atoms with van der Waals surface area (Å²) in [6.07, 6.45) is -9.12. The van der Waals surface area contributed by atoms with Gasteiger partial charge in [-0.3, -0.25) is 0 Å². The number of rotatable bonds is 3. The molecule has 2 aromatic rings. The first kappa shape index (κ1) is 19.3. The van der Waals surface area contributed by atoms with Crippen molar-refractivity contribution < 1.29 is 26.3 Å². The van der Waals surface area contributed by atoms with Gasteiger partial charge in [-0.15, -0.1) is 10.2 Å². The van der Waals surface area contributed by atoms with E-state index in [1.807, 2.05) is 0 Å². The third-order valence-electron chi connectivity index (χ3n) is 3.24. The Hall–Kier alpha value is -3.04. The molecule has 0 aliphatic rings. The van der Waals surface area contributed by atoms with E-state index in [2.05, 4.69) is 10.2 Å². The van der Waals surface area contributed by atoms with Crippen LogP contribution in [-0.2, 0) is 12.4 Å². The molecule has 0 atom stereocenters. The van der Waals surface area contributed by atoms with E-state index in [1.54, 1.807) is 0 Å². The maximum atomic E-state index is 12.7. The van der Waals surface area contributed by atoms with Crippen molar-refractivity contribution in [2.45, 2.75) is 12.4 Å². The Balaban J connectivity index is 2.30. The molecule has 0 spiro atoms. The summed E-state index contributed by atoms with van der Waals surface area (Å²) < 4.78 is 76.1. The molecule has 10 heteroatoms. The quantitative estimate of drug-likeness (QED) is 0.372. The summed E-state index contributed by atoms with van der Waals surface area (Å²) in [6.45, 7) is 0. The number of hydrogen-bond donors (Lipinski definition) is 2. The molecule has 0 unspecified atom stereocenters. The van der Waals surface area contributed by atoms with E-state index >= 15 is 0 Å². The summed E-state index contributed by atoms with van der Waals surface area (Å²) in [5.41, 5.74) is 9.18. The molecule has 138 valence electrons. The van der Waals surface area contributed by atoms with Crippen molar-refractivity contribution in [3.8, 4) is 0 Å². The van der Waals surface area contributed by atoms with Crippen molar-refractivity contribution in [1.82, 2.24) is 0 Å². The molecule has 26 heavy (non-hydrogen) atoms. The lowest BCUT2D eigenvalue weighted by Crippen LogP contribution is -2.17. The zero-order chi connectivity index (χ0) is 19.5. The number of benzene rings is 2. The Bertz CT molecular complexity index is 781. The summed E-state index contributed by atoms with van der Waals surface area (Å²) in [6, 6.07) is 8.10. The van der Waals surface area contributed by atoms with Crippen LogP contribution >= 0.6 is 0 Å². The van der Waals surface area contributed by atoms with Gasteiger partial charge >= 0.3 is 12.4 Å². The summed E-state index contributed by atoms with van der Waals surface area (Å²) in [7, 11) is 0. The van der Waals surface area contributed by atoms with Crippen LogP contribution in [-0.4, -0.2) is 11.7 Å². The van der Waals surface area contributed by atoms with Gasteiger partial charge in [0.15, 0.2) is 11.7 Å². The van der Waals surface area contributed by atoms with Crippen LogP contribution in [0.2, 0.25) is 0 Å². The van der Waals surface area contributed by atoms with E-state index in [4.69, 9.17) is 11.5 Å². The van der Waals surface area contributed by atoms with Gasteiger partial charge in [-0.25, -0.2) is 0 Å². The van der Waals surface area contributed by atoms with Gasteiger partial charge in [0.1, 0.15) is 0 Å². The Morgan fingerprint density at radius 3 is 1.31 bits per heavy atom. The van der Waals surface area contributed by atoms with Crippen LogP contribution in [0.4, 0.5) is 26.3 Å². The van der Waals surface area contributed by atoms with Crippen molar-refractivity contribution in [1.29, 1.82) is 0 Å². The summed E-state index contributed by atoms with van der Waals surface area (Å²) in [5.74, 6) is -0.739. The van der Waals surface area contributed by atoms with Crippen LogP contribution in [0.15, 0.2) is 58.7 Å². The van der Waals surface area contributed by atoms with Gasteiger partial charge in [-0.2, -0.15) is 26.3 Å². The molecule has 0 heterocycles. The molecule has 0 saturated carbocycles. The average Bonchev–Trinajstić information content (AvgIpc) is 2.58. The van der Waals surface area contributed by atoms with E-state index in [1.165, 1.54) is 12.1 Å². The largest absolute Gasteiger partial charge is 0.416 e. The first-order chi connectivity index (χ1) is 12.0. The van der Waals surface area contributed by atoms with Crippen molar-refractivity contribution in [2.24, 2.45) is 21.7 Å². The molecule has 0 fully saturated rings. The Kier molecular flexibility index (Phi) is 5.24. The Labute approximate surface area is 143 Å². The third-order valence-corrected chi connectivity index (χ3v) is 3.24. The normalized spacial score (nSPS) is 13.8. The molecule has 0 saturated heterocycles. The predicted molar refractivity (Wildman–Crippen MR) is 84.3 cm³/mol. The number of amidine groups is 2. The van der Waals surface area contributed by atoms with E-state index < -0.39 is 23.5 Å². The summed E-state index contributed by atoms with van der Waals surface area (Å²) in [5, 5.41) is 6.99. The van der Waals surface area contributed by atoms with Gasteiger partial charge in [0, 0.05) is 11.1 Å². The number of halogens is 6. The molecule has 0 aliphatic carbocycles. The second-order valence-electron chi connectivity index (χ2n) is 5.13. The molecule has 0 radical (unpaired) electrons. The van der Waals surface area contributed by atoms with Gasteiger partial charge in [-0.1, -0.05) is 24.3 Å². The fourth-order valence-corrected chi connectivity index (χ4v) is 1.93. The van der Waals surface area contributed by atoms with Crippen molar-refractivity contribution in [3.05, 3.63) is 70.8 Å². The lowest BCUT2D eigenvalue weighted by molar-refractivity contribution is -0.138. The van der Waals surface area contributed by atoms with Gasteiger partial charge in [0.2, 0.25) is 0 Å². The highest BCUT2D eigenvalue weighted by Gasteiger charge is 2.31. The van der Waals surface area contributed by atoms with Crippen LogP contribution in [0.3, 0.4) is 0 Å². The molecule has 2 rings (SSSR count). The maximum absolute atomic E-state index is 12.7. The molecule has 0 aliphatic heterocycles. The van der Waals surface area contributed by atoms with Crippen LogP contribution in [0.1, 0.15) is 22.3 Å². The van der Waals surface area contributed by atoms with Gasteiger partial charge in [0.05, 0.1) is 11.1 Å². The fourth-order valence-electron chi connectivity index (χ4n) is 1.93. The highest BCUT2D eigenvalue weighted by atomic mass is 19.4. The second-order valence-corrected chi connectivity index (χ2v) is 5.13. The minimum atomic E-state index is -4.56. The number of nitrogens with zero attached hydrogens (tertiary/aromatic N) is 2. The number of alkyl halides is 6. The molecule has 0 aromatic heterocycles. The van der Waals surface area contributed by atoms with E-state index in [0.717, 1.165) is 36.4 Å². The second kappa shape index (κ2) is 7.06. The first-order valence-corrected chi connectivity index (χ1v) is 7.00. The van der Waals surface area contributed by atoms with E-state index in [-0.39, 0.29) is 22.8 Å². The minimum Gasteiger partial charge on any atom is -0.382 e. The van der Waals surface area contributed by atoms with Crippen LogP contribution in [0.25, 0.3) is 0 Å². The van der Waals surface area contributed by atoms with Crippen LogP contribution < -0.4 is 11.5 Å². The van der Waals surface area contributed by atoms with Crippen molar-refractivity contribution >= 4 is 11.7 Å². The van der Waals surface area contributed by atoms with E-state index in [0.29, 0.717) is 0 Å². The van der Waals surface area contributed by atoms with E-state index in [9.17, 15) is 26.3 Å². The monoisotopic (exact) mass is 374 g/mol. The standard InChI is InChI=1S/C16H12F6N4/c17-15(18,19)11-5-1-3-9(7-11)13(23)25-26-14(24)10-4-2-6-12(8-10)16(20,21)22/h1-8H,(H2,23,25)(H2,24,26). The van der Waals surface area contributed by atoms with Crippen molar-refractivity contribution in [2.75, 3.05) is 0 Å². The predicted octanol–water partition coefficient (Wildman–Crippen LogP) is 3.75. The molecule has 0 bridgehead atoms. The molecular formula is C16H12F6N4. The van der Waals surface area contributed by atoms with Gasteiger partial charge in [0.25, 0.3) is 0 Å². The van der Waals surface area contributed by atoms with Crippen LogP contribution in [0.5, 0.6) is 0 Å². The zero-order valence-electron chi connectivity index (χ0n) is 12.9. The molecule has 4 N–H and O–H groups in total. The SMILES string of the molecule is N/C(=N\N=C(\N)c1cccc(C(F)(F)F)c1)c1cccc(C(F)(F)F)c1. The van der Waals surface area contributed by atoms with Crippen LogP contribution in [0, 0.1) is 0 Å². The Morgan fingerprint density at radius 2 is 1.00 bits per heavy atom. The fraction of sp³-hybridized carbons (Fsp3) is 0.125. The lowest BCUT2D eigenvalue weighted by atomic mass is 10.1. The topological polar surface area (TPSA) is 76.8 Å². The van der Waals surface area contributed by atoms with Crippen molar-refractivity contribution in [3.63, 3.8) is 0 Å². The third kappa shape index (κ3) is 4.74. The highest BCUT2D eigenvalue weighted by Crippen LogP contribution is 2.30. The molecule has 2 aromatic carbocycles. The number of hydrogen-bond acceptors (Lipinski definition) is 2. The summed E-state index contributed by atoms with van der Waals surface area (Å²) in [4.78, 5) is 0. The zero-order valence-corrected chi connectivity index (χ0v) is 12.9. The molecule has 0 amide bonds. The smallest absolute Gasteiger partial charge is 0.382 e. The minimum absolute atomic E-state index is 0.0552. The first-order valence-electron chi connectivity index (χ1n) is 7.00. The average molecular weight is 374 g/mol. The van der Waals surface area contributed by atoms with Gasteiger partial charge < -0.3 is 11.5 Å². The van der Waals surface area contributed by atoms with Gasteiger partial charge in [-0.05, 0) is 24.3 Å². The maximum Gasteiger partial charge on any atom is 0.416 e. The number of nitrogens with two attached hydrogens (primary N) is 2. The molecular weight excluding hydrogens is 362 g/mol. The highest BCUT2D eigenvalue weighted by molar-refractivity contribution is 6.00. The lowest BCUT2D eigenvalue weighted by Gasteiger charge is -2.08. The molecule has 4 nitrogen and oxygen atoms in total.